The minimum Gasteiger partial charge on any atom is -0.305 e. The molecule has 0 fully saturated rings. The Morgan fingerprint density at radius 3 is 2.38 bits per heavy atom. The van der Waals surface area contributed by atoms with Crippen molar-refractivity contribution in [2.24, 2.45) is 4.99 Å². The largest absolute Gasteiger partial charge is 0.305 e. The van der Waals surface area contributed by atoms with Crippen LogP contribution in [0.2, 0.25) is 0 Å². The second-order valence-corrected chi connectivity index (χ2v) is 11.2. The van der Waals surface area contributed by atoms with Gasteiger partial charge in [-0.1, -0.05) is 36.7 Å². The summed E-state index contributed by atoms with van der Waals surface area (Å²) >= 11 is 1.39. The number of hydrogen-bond donors (Lipinski definition) is 0. The highest BCUT2D eigenvalue weighted by Crippen LogP contribution is 2.21. The molecule has 3 aromatic rings. The highest BCUT2D eigenvalue weighted by Gasteiger charge is 2.24. The van der Waals surface area contributed by atoms with Crippen LogP contribution in [0, 0.1) is 35.0 Å². The van der Waals surface area contributed by atoms with Crippen LogP contribution in [0.15, 0.2) is 52.4 Å². The van der Waals surface area contributed by atoms with Gasteiger partial charge >= 0.3 is 0 Å². The smallest absolute Gasteiger partial charge is 0.279 e. The van der Waals surface area contributed by atoms with Crippen molar-refractivity contribution in [1.29, 1.82) is 10.5 Å². The number of terminal acetylenes is 1. The first-order valence-electron chi connectivity index (χ1n) is 11.8. The van der Waals surface area contributed by atoms with Crippen LogP contribution in [0.25, 0.3) is 10.2 Å². The van der Waals surface area contributed by atoms with E-state index in [1.54, 1.807) is 0 Å². The molecule has 1 heterocycles. The average molecular weight is 534 g/mol. The Balaban J connectivity index is 1.92. The van der Waals surface area contributed by atoms with Crippen molar-refractivity contribution in [1.82, 2.24) is 8.87 Å². The molecule has 1 aromatic heterocycles. The summed E-state index contributed by atoms with van der Waals surface area (Å²) < 4.78 is 29.9. The molecule has 0 saturated heterocycles. The van der Waals surface area contributed by atoms with E-state index in [9.17, 15) is 13.2 Å². The van der Waals surface area contributed by atoms with E-state index in [1.165, 1.54) is 41.2 Å². The predicted octanol–water partition coefficient (Wildman–Crippen LogP) is 4.24. The monoisotopic (exact) mass is 533 g/mol. The van der Waals surface area contributed by atoms with E-state index in [1.807, 2.05) is 22.8 Å². The van der Waals surface area contributed by atoms with Gasteiger partial charge in [0.2, 0.25) is 10.0 Å². The fourth-order valence-electron chi connectivity index (χ4n) is 3.75. The Bertz CT molecular complexity index is 1550. The Morgan fingerprint density at radius 1 is 1.11 bits per heavy atom. The maximum atomic E-state index is 13.0. The first-order chi connectivity index (χ1) is 17.8. The van der Waals surface area contributed by atoms with Crippen molar-refractivity contribution in [2.75, 3.05) is 13.1 Å². The molecule has 0 bridgehead atoms. The molecule has 8 nitrogen and oxygen atoms in total. The average Bonchev–Trinajstić information content (AvgIpc) is 3.23. The third kappa shape index (κ3) is 6.72. The second-order valence-electron chi connectivity index (χ2n) is 8.24. The van der Waals surface area contributed by atoms with Gasteiger partial charge in [0.05, 0.1) is 33.8 Å². The lowest BCUT2D eigenvalue weighted by Gasteiger charge is -2.20. The number of aromatic nitrogens is 1. The molecule has 0 aliphatic carbocycles. The third-order valence-corrected chi connectivity index (χ3v) is 8.65. The van der Waals surface area contributed by atoms with E-state index < -0.39 is 15.9 Å². The van der Waals surface area contributed by atoms with Crippen molar-refractivity contribution in [3.05, 3.63) is 58.4 Å². The Labute approximate surface area is 221 Å². The Morgan fingerprint density at radius 2 is 1.78 bits per heavy atom. The fourth-order valence-corrected chi connectivity index (χ4v) is 6.29. The fraction of sp³-hybridized carbons (Fsp3) is 0.333. The first-order valence-corrected chi connectivity index (χ1v) is 14.1. The molecule has 0 radical (unpaired) electrons. The molecule has 0 unspecified atom stereocenters. The van der Waals surface area contributed by atoms with Crippen LogP contribution in [0.4, 0.5) is 0 Å². The van der Waals surface area contributed by atoms with Gasteiger partial charge in [-0.2, -0.15) is 19.8 Å². The number of carbonyl (C=O) groups is 1. The molecular formula is C27H27N5O3S2. The highest BCUT2D eigenvalue weighted by molar-refractivity contribution is 7.89. The number of fused-ring (bicyclic) bond motifs is 1. The molecule has 0 saturated carbocycles. The summed E-state index contributed by atoms with van der Waals surface area (Å²) in [5.41, 5.74) is 2.36. The maximum absolute atomic E-state index is 13.0. The van der Waals surface area contributed by atoms with Crippen LogP contribution < -0.4 is 4.80 Å². The molecule has 0 aliphatic heterocycles. The summed E-state index contributed by atoms with van der Waals surface area (Å²) in [6.45, 7) is 2.38. The summed E-state index contributed by atoms with van der Waals surface area (Å²) in [6, 6.07) is 15.5. The molecule has 2 aromatic carbocycles. The van der Waals surface area contributed by atoms with E-state index in [2.05, 4.69) is 30.0 Å². The van der Waals surface area contributed by atoms with Gasteiger partial charge in [0, 0.05) is 31.5 Å². The number of nitrogens with zero attached hydrogens (tertiary/aromatic N) is 5. The molecule has 0 aliphatic rings. The summed E-state index contributed by atoms with van der Waals surface area (Å²) in [7, 11) is -3.92. The van der Waals surface area contributed by atoms with E-state index >= 15 is 0 Å². The van der Waals surface area contributed by atoms with Gasteiger partial charge in [-0.15, -0.1) is 6.42 Å². The number of carbonyl (C=O) groups excluding carboxylic acids is 1. The van der Waals surface area contributed by atoms with Crippen LogP contribution in [0.5, 0.6) is 0 Å². The molecule has 0 atom stereocenters. The Hall–Kier alpha value is -3.75. The normalized spacial score (nSPS) is 11.8. The predicted molar refractivity (Wildman–Crippen MR) is 143 cm³/mol. The highest BCUT2D eigenvalue weighted by atomic mass is 32.2. The van der Waals surface area contributed by atoms with Gasteiger partial charge < -0.3 is 4.57 Å². The van der Waals surface area contributed by atoms with Crippen LogP contribution >= 0.6 is 11.3 Å². The number of sulfonamides is 1. The van der Waals surface area contributed by atoms with Crippen molar-refractivity contribution < 1.29 is 13.2 Å². The molecular weight excluding hydrogens is 506 g/mol. The van der Waals surface area contributed by atoms with Gasteiger partial charge in [0.15, 0.2) is 4.80 Å². The molecule has 0 N–H and O–H groups in total. The van der Waals surface area contributed by atoms with Gasteiger partial charge in [-0.25, -0.2) is 8.42 Å². The van der Waals surface area contributed by atoms with Crippen molar-refractivity contribution >= 4 is 37.5 Å². The number of benzene rings is 2. The molecule has 3 rings (SSSR count). The minimum absolute atomic E-state index is 0.00697. The van der Waals surface area contributed by atoms with E-state index in [4.69, 9.17) is 16.9 Å². The van der Waals surface area contributed by atoms with Gasteiger partial charge in [-0.3, -0.25) is 4.79 Å². The maximum Gasteiger partial charge on any atom is 0.279 e. The van der Waals surface area contributed by atoms with Crippen LogP contribution in [-0.2, 0) is 23.0 Å². The first kappa shape index (κ1) is 27.8. The lowest BCUT2D eigenvalue weighted by Crippen LogP contribution is -2.32. The number of hydrogen-bond acceptors (Lipinski definition) is 6. The number of rotatable bonds is 11. The van der Waals surface area contributed by atoms with Crippen molar-refractivity contribution in [3.63, 3.8) is 0 Å². The van der Waals surface area contributed by atoms with E-state index in [0.717, 1.165) is 33.8 Å². The van der Waals surface area contributed by atoms with Crippen LogP contribution in [0.1, 0.15) is 48.5 Å². The van der Waals surface area contributed by atoms with Crippen LogP contribution in [-0.4, -0.2) is 36.3 Å². The van der Waals surface area contributed by atoms with Crippen molar-refractivity contribution in [3.8, 4) is 24.5 Å². The number of unbranched alkanes of at least 4 members (excludes halogenated alkanes) is 1. The zero-order valence-electron chi connectivity index (χ0n) is 20.6. The van der Waals surface area contributed by atoms with E-state index in [0.29, 0.717) is 4.80 Å². The van der Waals surface area contributed by atoms with Gasteiger partial charge in [0.25, 0.3) is 5.91 Å². The minimum atomic E-state index is -3.92. The molecule has 190 valence electrons. The molecule has 10 heteroatoms. The van der Waals surface area contributed by atoms with Crippen LogP contribution in [0.3, 0.4) is 0 Å². The Kier molecular flexibility index (Phi) is 9.77. The zero-order chi connectivity index (χ0) is 26.8. The summed E-state index contributed by atoms with van der Waals surface area (Å²) in [5.74, 6) is 2.10. The van der Waals surface area contributed by atoms with Gasteiger partial charge in [0.1, 0.15) is 0 Å². The van der Waals surface area contributed by atoms with Gasteiger partial charge in [-0.05, 0) is 54.8 Å². The summed E-state index contributed by atoms with van der Waals surface area (Å²) in [6.07, 6.45) is 8.76. The summed E-state index contributed by atoms with van der Waals surface area (Å²) in [5, 5.41) is 17.7. The number of thiazole rings is 1. The number of nitriles is 2. The number of amides is 1. The molecule has 37 heavy (non-hydrogen) atoms. The SMILES string of the molecule is C#CCn1c(=NC(=O)c2ccc(S(=O)(=O)N(CCC#N)CCC#N)cc2)sc2cc(CCCC)ccc21. The molecule has 0 spiro atoms. The molecule has 1 amide bonds. The van der Waals surface area contributed by atoms with Crippen molar-refractivity contribution in [2.45, 2.75) is 50.5 Å². The van der Waals surface area contributed by atoms with E-state index in [-0.39, 0.29) is 42.9 Å². The third-order valence-electron chi connectivity index (χ3n) is 5.70. The lowest BCUT2D eigenvalue weighted by atomic mass is 10.1. The quantitative estimate of drug-likeness (QED) is 0.342. The zero-order valence-corrected chi connectivity index (χ0v) is 22.2. The number of aryl methyl sites for hydroxylation is 1. The summed E-state index contributed by atoms with van der Waals surface area (Å²) in [4.78, 5) is 17.7. The topological polar surface area (TPSA) is 119 Å². The lowest BCUT2D eigenvalue weighted by molar-refractivity contribution is 0.0997. The second kappa shape index (κ2) is 13.0. The standard InChI is InChI=1S/C27H27N5O3S2/c1-3-5-8-21-9-14-24-25(20-21)36-27(32(24)17-4-2)30-26(33)22-10-12-23(13-11-22)37(34,35)31(18-6-15-28)19-7-16-29/h2,9-14,20H,3,5-8,17-19H2,1H3.